The van der Waals surface area contributed by atoms with Crippen molar-refractivity contribution in [2.75, 3.05) is 20.1 Å². The van der Waals surface area contributed by atoms with Gasteiger partial charge in [-0.05, 0) is 194 Å². The molecule has 10 fully saturated rings. The van der Waals surface area contributed by atoms with E-state index in [9.17, 15) is 14.4 Å². The molecule has 366 valence electrons. The highest BCUT2D eigenvalue weighted by Crippen LogP contribution is 2.67. The molecule has 20 atom stereocenters. The van der Waals surface area contributed by atoms with Crippen LogP contribution < -0.4 is 0 Å². The number of ketones is 2. The summed E-state index contributed by atoms with van der Waals surface area (Å²) in [6.07, 6.45) is 23.5. The van der Waals surface area contributed by atoms with Crippen molar-refractivity contribution in [2.24, 2.45) is 81.8 Å². The van der Waals surface area contributed by atoms with Crippen LogP contribution in [0, 0.1) is 81.8 Å². The predicted octanol–water partition coefficient (Wildman–Crippen LogP) is 12.0. The van der Waals surface area contributed by atoms with Crippen molar-refractivity contribution in [1.29, 1.82) is 0 Å². The van der Waals surface area contributed by atoms with E-state index in [2.05, 4.69) is 72.2 Å². The highest BCUT2D eigenvalue weighted by atomic mass is 16.5. The van der Waals surface area contributed by atoms with E-state index in [1.807, 2.05) is 5.57 Å². The Morgan fingerprint density at radius 3 is 1.55 bits per heavy atom. The van der Waals surface area contributed by atoms with Crippen molar-refractivity contribution < 1.29 is 23.9 Å². The van der Waals surface area contributed by atoms with Crippen LogP contribution >= 0.6 is 0 Å². The summed E-state index contributed by atoms with van der Waals surface area (Å²) in [5.74, 6) is 9.50. The molecule has 4 saturated heterocycles. The third-order valence-electron chi connectivity index (χ3n) is 23.8. The second kappa shape index (κ2) is 16.6. The summed E-state index contributed by atoms with van der Waals surface area (Å²) in [5, 5.41) is 0. The summed E-state index contributed by atoms with van der Waals surface area (Å²) in [6, 6.07) is 0.843. The molecule has 0 N–H and O–H groups in total. The van der Waals surface area contributed by atoms with Gasteiger partial charge in [-0.15, -0.1) is 0 Å². The first-order chi connectivity index (χ1) is 31.3. The largest absolute Gasteiger partial charge is 0.369 e. The molecule has 8 aliphatic carbocycles. The van der Waals surface area contributed by atoms with E-state index in [0.717, 1.165) is 106 Å². The summed E-state index contributed by atoms with van der Waals surface area (Å²) in [7, 11) is 2.33. The molecule has 0 aromatic rings. The van der Waals surface area contributed by atoms with Crippen LogP contribution in [0.1, 0.15) is 191 Å². The number of hydrogen-bond donors (Lipinski definition) is 0. The summed E-state index contributed by atoms with van der Waals surface area (Å²) < 4.78 is 14.2. The Kier molecular flexibility index (Phi) is 11.7. The van der Waals surface area contributed by atoms with E-state index in [1.165, 1.54) is 70.8 Å². The Morgan fingerprint density at radius 2 is 1.06 bits per heavy atom. The van der Waals surface area contributed by atoms with Crippen molar-refractivity contribution in [1.82, 2.24) is 9.80 Å². The number of carbonyl (C=O) groups is 3. The van der Waals surface area contributed by atoms with Crippen molar-refractivity contribution in [3.8, 4) is 0 Å². The number of likely N-dealkylation sites (tertiary alicyclic amines) is 2. The van der Waals surface area contributed by atoms with Gasteiger partial charge in [-0.1, -0.05) is 63.8 Å². The van der Waals surface area contributed by atoms with E-state index in [4.69, 9.17) is 9.47 Å². The van der Waals surface area contributed by atoms with Crippen LogP contribution in [0.15, 0.2) is 22.3 Å². The number of rotatable bonds is 0. The molecule has 12 aliphatic rings. The lowest BCUT2D eigenvalue weighted by Crippen LogP contribution is -2.53. The molecule has 2 spiro atoms. The van der Waals surface area contributed by atoms with E-state index in [0.29, 0.717) is 70.0 Å². The predicted molar refractivity (Wildman–Crippen MR) is 261 cm³/mol. The number of hydrogen-bond acceptors (Lipinski definition) is 6. The molecular formula is C59H90N2O5. The first kappa shape index (κ1) is 46.5. The third-order valence-corrected chi connectivity index (χ3v) is 23.8. The van der Waals surface area contributed by atoms with Gasteiger partial charge in [-0.2, -0.15) is 0 Å². The van der Waals surface area contributed by atoms with Crippen LogP contribution in [0.3, 0.4) is 0 Å². The van der Waals surface area contributed by atoms with Gasteiger partial charge in [-0.3, -0.25) is 14.4 Å². The molecule has 0 bridgehead atoms. The maximum Gasteiger partial charge on any atom is 0.219 e. The number of Topliss-reactive ketones (excluding diaryl/α,β-unsaturated/α-hetero) is 2. The van der Waals surface area contributed by atoms with Crippen LogP contribution in [0.25, 0.3) is 0 Å². The molecule has 7 heteroatoms. The SMILES string of the molecule is CC(=O)N1C[C@@H](C)C[C@H]2O[C@]3(CC[C@@H]4C(=C(C)C3)C[C@H]3[C@H]4CC[C@@H]4CC(=O)CC[C@@]43C)[C@H](C)[C@@H]21.CC1=C2C[C@H]3[C@@H](CC[C@@H]4CC(=O)CC[C@@]43C)[C@@H]2CC[C@@]2(C1)O[C@@H]1C[C@H](C)CN(C)[C@H]1[C@H]2C. The molecule has 0 radical (unpaired) electrons. The zero-order valence-corrected chi connectivity index (χ0v) is 43.2. The lowest BCUT2D eigenvalue weighted by Gasteiger charge is -2.52. The second-order valence-electron chi connectivity index (χ2n) is 27.0. The molecule has 7 nitrogen and oxygen atoms in total. The fraction of sp³-hybridized carbons (Fsp3) is 0.881. The van der Waals surface area contributed by atoms with E-state index >= 15 is 0 Å². The monoisotopic (exact) mass is 907 g/mol. The van der Waals surface area contributed by atoms with Crippen molar-refractivity contribution in [2.45, 2.75) is 226 Å². The number of ether oxygens (including phenoxy) is 2. The first-order valence-electron chi connectivity index (χ1n) is 28.1. The standard InChI is InChI=1S/C30H45NO3.C29H45NO2/c1-17-12-27-28(31(16-17)20(4)32)19(3)30(34-27)11-9-23-24-7-6-21-13-22(33)8-10-29(21,5)26(24)14-25(23)18(2)15-30;1-17-12-26-27(30(5)16-17)19(3)29(32-26)11-9-22-23-7-6-20-13-21(31)8-10-28(20,4)25(23)14-24(22)18(2)15-29/h17,19,21,23-24,26-28H,6-16H2,1-5H3;17,19-20,22-23,25-27H,6-16H2,1-5H3/t17-,19+,21+,23-,24-,26-,27+,28-,29-,30-;17-,19+,20+,22-,23-,25-,26+,27-,28-,29-/m00/s1. The Morgan fingerprint density at radius 1 is 0.606 bits per heavy atom. The summed E-state index contributed by atoms with van der Waals surface area (Å²) in [4.78, 5) is 41.7. The normalized spacial score (nSPS) is 52.0. The molecule has 4 aliphatic heterocycles. The van der Waals surface area contributed by atoms with E-state index in [-0.39, 0.29) is 29.3 Å². The minimum atomic E-state index is -0.109. The summed E-state index contributed by atoms with van der Waals surface area (Å²) in [6.45, 7) is 23.4. The zero-order chi connectivity index (χ0) is 46.4. The number of piperidine rings is 2. The number of fused-ring (bicyclic) bond motifs is 12. The lowest BCUT2D eigenvalue weighted by molar-refractivity contribution is -0.137. The number of carbonyl (C=O) groups excluding carboxylic acids is 3. The van der Waals surface area contributed by atoms with Crippen molar-refractivity contribution in [3.05, 3.63) is 22.3 Å². The van der Waals surface area contributed by atoms with Crippen LogP contribution in [-0.4, -0.2) is 82.9 Å². The van der Waals surface area contributed by atoms with Gasteiger partial charge in [0.05, 0.1) is 29.5 Å². The Labute approximate surface area is 400 Å². The van der Waals surface area contributed by atoms with Gasteiger partial charge in [0.2, 0.25) is 5.91 Å². The second-order valence-corrected chi connectivity index (χ2v) is 27.0. The highest BCUT2D eigenvalue weighted by molar-refractivity contribution is 5.80. The number of nitrogens with zero attached hydrogens (tertiary/aromatic N) is 2. The fourth-order valence-electron chi connectivity index (χ4n) is 20.4. The smallest absolute Gasteiger partial charge is 0.219 e. The van der Waals surface area contributed by atoms with Gasteiger partial charge in [0.15, 0.2) is 0 Å². The quantitative estimate of drug-likeness (QED) is 0.225. The van der Waals surface area contributed by atoms with Gasteiger partial charge >= 0.3 is 0 Å². The minimum absolute atomic E-state index is 0.0585. The Balaban J connectivity index is 0.000000146. The van der Waals surface area contributed by atoms with Gasteiger partial charge in [0.25, 0.3) is 0 Å². The number of allylic oxidation sites excluding steroid dienone is 2. The molecule has 4 heterocycles. The number of amides is 1. The Bertz CT molecular complexity index is 2040. The average Bonchev–Trinajstić information content (AvgIpc) is 3.93. The van der Waals surface area contributed by atoms with Crippen LogP contribution in [-0.2, 0) is 23.9 Å². The number of likely N-dealkylation sites (N-methyl/N-ethyl adjacent to an activating group) is 1. The zero-order valence-electron chi connectivity index (χ0n) is 43.2. The maximum atomic E-state index is 12.6. The van der Waals surface area contributed by atoms with Crippen molar-refractivity contribution in [3.63, 3.8) is 0 Å². The Hall–Kier alpha value is -1.83. The summed E-state index contributed by atoms with van der Waals surface area (Å²) in [5.41, 5.74) is 7.56. The molecule has 0 unspecified atom stereocenters. The molecule has 0 aromatic carbocycles. The molecule has 66 heavy (non-hydrogen) atoms. The van der Waals surface area contributed by atoms with Gasteiger partial charge in [0, 0.05) is 63.6 Å². The van der Waals surface area contributed by atoms with Gasteiger partial charge in [0.1, 0.15) is 11.6 Å². The topological polar surface area (TPSA) is 76.1 Å². The molecule has 0 aromatic heterocycles. The fourth-order valence-corrected chi connectivity index (χ4v) is 20.4. The van der Waals surface area contributed by atoms with Crippen LogP contribution in [0.5, 0.6) is 0 Å². The maximum absolute atomic E-state index is 12.6. The van der Waals surface area contributed by atoms with Gasteiger partial charge in [-0.25, -0.2) is 0 Å². The van der Waals surface area contributed by atoms with Crippen LogP contribution in [0.4, 0.5) is 0 Å². The molecule has 12 rings (SSSR count). The minimum Gasteiger partial charge on any atom is -0.369 e. The molecular weight excluding hydrogens is 817 g/mol. The first-order valence-corrected chi connectivity index (χ1v) is 28.1. The van der Waals surface area contributed by atoms with Crippen LogP contribution in [0.2, 0.25) is 0 Å². The molecule has 6 saturated carbocycles. The summed E-state index contributed by atoms with van der Waals surface area (Å²) >= 11 is 0. The molecule has 1 amide bonds. The van der Waals surface area contributed by atoms with E-state index < -0.39 is 0 Å². The lowest BCUT2D eigenvalue weighted by atomic mass is 9.52. The van der Waals surface area contributed by atoms with Gasteiger partial charge < -0.3 is 19.3 Å². The van der Waals surface area contributed by atoms with E-state index in [1.54, 1.807) is 23.6 Å². The third kappa shape index (κ3) is 7.17. The highest BCUT2D eigenvalue weighted by Gasteiger charge is 2.62. The van der Waals surface area contributed by atoms with Crippen molar-refractivity contribution >= 4 is 17.5 Å². The average molecular weight is 907 g/mol.